The summed E-state index contributed by atoms with van der Waals surface area (Å²) in [6, 6.07) is 13.0. The first-order chi connectivity index (χ1) is 16.7. The van der Waals surface area contributed by atoms with E-state index in [1.165, 1.54) is 11.2 Å². The van der Waals surface area contributed by atoms with E-state index in [2.05, 4.69) is 5.32 Å². The van der Waals surface area contributed by atoms with Gasteiger partial charge in [-0.3, -0.25) is 9.59 Å². The summed E-state index contributed by atoms with van der Waals surface area (Å²) in [6.07, 6.45) is 2.84. The molecule has 1 saturated heterocycles. The van der Waals surface area contributed by atoms with Crippen LogP contribution in [0.3, 0.4) is 0 Å². The second kappa shape index (κ2) is 10.4. The van der Waals surface area contributed by atoms with E-state index in [1.807, 2.05) is 43.3 Å². The number of hydrogen-bond donors (Lipinski definition) is 1. The van der Waals surface area contributed by atoms with Crippen LogP contribution in [0.5, 0.6) is 0 Å². The number of aryl methyl sites for hydroxylation is 1. The van der Waals surface area contributed by atoms with Crippen molar-refractivity contribution in [3.8, 4) is 0 Å². The molecule has 0 unspecified atom stereocenters. The first-order valence-electron chi connectivity index (χ1n) is 12.1. The lowest BCUT2D eigenvalue weighted by Crippen LogP contribution is -2.45. The number of rotatable bonds is 6. The smallest absolute Gasteiger partial charge is 0.243 e. The summed E-state index contributed by atoms with van der Waals surface area (Å²) < 4.78 is 28.3. The first kappa shape index (κ1) is 25.2. The number of amides is 2. The van der Waals surface area contributed by atoms with Gasteiger partial charge in [0, 0.05) is 58.6 Å². The minimum atomic E-state index is -3.73. The number of nitrogens with one attached hydrogen (secondary N) is 1. The zero-order valence-corrected chi connectivity index (χ0v) is 21.5. The van der Waals surface area contributed by atoms with Crippen molar-refractivity contribution in [2.24, 2.45) is 5.92 Å². The molecule has 2 amide bonds. The summed E-state index contributed by atoms with van der Waals surface area (Å²) in [4.78, 5) is 28.7. The van der Waals surface area contributed by atoms with Crippen molar-refractivity contribution in [3.63, 3.8) is 0 Å². The van der Waals surface area contributed by atoms with Crippen molar-refractivity contribution in [1.82, 2.24) is 9.62 Å². The predicted molar refractivity (Wildman–Crippen MR) is 137 cm³/mol. The van der Waals surface area contributed by atoms with E-state index >= 15 is 0 Å². The van der Waals surface area contributed by atoms with Crippen molar-refractivity contribution >= 4 is 33.2 Å². The molecule has 1 fully saturated rings. The molecule has 0 radical (unpaired) electrons. The monoisotopic (exact) mass is 498 g/mol. The number of sulfonamides is 1. The molecule has 8 nitrogen and oxygen atoms in total. The Morgan fingerprint density at radius 2 is 1.80 bits per heavy atom. The van der Waals surface area contributed by atoms with Gasteiger partial charge in [0.1, 0.15) is 0 Å². The number of hydrogen-bond acceptors (Lipinski definition) is 5. The Morgan fingerprint density at radius 3 is 2.49 bits per heavy atom. The Hall–Kier alpha value is -2.91. The molecule has 2 aromatic rings. The summed E-state index contributed by atoms with van der Waals surface area (Å²) in [7, 11) is 0.219. The number of fused-ring (bicyclic) bond motifs is 1. The van der Waals surface area contributed by atoms with Gasteiger partial charge in [0.25, 0.3) is 0 Å². The van der Waals surface area contributed by atoms with Crippen LogP contribution in [0.15, 0.2) is 47.4 Å². The van der Waals surface area contributed by atoms with Crippen LogP contribution in [-0.2, 0) is 32.6 Å². The van der Waals surface area contributed by atoms with E-state index in [0.717, 1.165) is 35.3 Å². The normalized spacial score (nSPS) is 18.6. The van der Waals surface area contributed by atoms with E-state index < -0.39 is 10.0 Å². The third kappa shape index (κ3) is 5.51. The highest BCUT2D eigenvalue weighted by Crippen LogP contribution is 2.31. The van der Waals surface area contributed by atoms with Gasteiger partial charge in [-0.25, -0.2) is 8.42 Å². The number of nitrogens with zero attached hydrogens (tertiary/aromatic N) is 3. The van der Waals surface area contributed by atoms with Crippen LogP contribution in [-0.4, -0.2) is 58.3 Å². The van der Waals surface area contributed by atoms with Gasteiger partial charge in [-0.05, 0) is 67.1 Å². The fourth-order valence-corrected chi connectivity index (χ4v) is 6.41. The third-order valence-electron chi connectivity index (χ3n) is 6.86. The van der Waals surface area contributed by atoms with Crippen LogP contribution >= 0.6 is 0 Å². The van der Waals surface area contributed by atoms with E-state index in [-0.39, 0.29) is 29.2 Å². The second-order valence-corrected chi connectivity index (χ2v) is 11.5. The van der Waals surface area contributed by atoms with Crippen molar-refractivity contribution in [1.29, 1.82) is 0 Å². The minimum Gasteiger partial charge on any atom is -0.378 e. The average Bonchev–Trinajstić information content (AvgIpc) is 2.86. The average molecular weight is 499 g/mol. The number of carbonyl (C=O) groups excluding carboxylic acids is 2. The summed E-state index contributed by atoms with van der Waals surface area (Å²) in [5, 5.41) is 2.97. The fraction of sp³-hybridized carbons (Fsp3) is 0.462. The predicted octanol–water partition coefficient (Wildman–Crippen LogP) is 2.77. The Bertz CT molecular complexity index is 1190. The molecular weight excluding hydrogens is 464 g/mol. The maximum Gasteiger partial charge on any atom is 0.243 e. The largest absolute Gasteiger partial charge is 0.378 e. The number of piperidine rings is 1. The standard InChI is InChI=1S/C26H34N4O4S/c1-19(31)30-15-5-6-21-16-24(12-13-25(21)30)35(33,34)29-14-4-7-22(18-29)26(32)27-17-20-8-10-23(11-9-20)28(2)3/h8-13,16,22H,4-7,14-15,17-18H2,1-3H3,(H,27,32)/t22-/m1/s1. The Balaban J connectivity index is 1.42. The van der Waals surface area contributed by atoms with Crippen LogP contribution in [0.25, 0.3) is 0 Å². The van der Waals surface area contributed by atoms with Gasteiger partial charge in [0.2, 0.25) is 21.8 Å². The number of anilines is 2. The van der Waals surface area contributed by atoms with Crippen LogP contribution in [0, 0.1) is 5.92 Å². The van der Waals surface area contributed by atoms with Crippen molar-refractivity contribution < 1.29 is 18.0 Å². The summed E-state index contributed by atoms with van der Waals surface area (Å²) in [6.45, 7) is 3.15. The van der Waals surface area contributed by atoms with Crippen LogP contribution in [0.2, 0.25) is 0 Å². The van der Waals surface area contributed by atoms with Gasteiger partial charge < -0.3 is 15.1 Å². The lowest BCUT2D eigenvalue weighted by atomic mass is 9.98. The zero-order valence-electron chi connectivity index (χ0n) is 20.7. The highest BCUT2D eigenvalue weighted by Gasteiger charge is 2.34. The number of carbonyl (C=O) groups is 2. The van der Waals surface area contributed by atoms with E-state index in [9.17, 15) is 18.0 Å². The van der Waals surface area contributed by atoms with Gasteiger partial charge >= 0.3 is 0 Å². The van der Waals surface area contributed by atoms with Gasteiger partial charge in [-0.15, -0.1) is 0 Å². The molecule has 1 atom stereocenters. The van der Waals surface area contributed by atoms with E-state index in [1.54, 1.807) is 23.1 Å². The molecule has 1 N–H and O–H groups in total. The van der Waals surface area contributed by atoms with Gasteiger partial charge in [0.15, 0.2) is 0 Å². The Kier molecular flexibility index (Phi) is 7.47. The van der Waals surface area contributed by atoms with Crippen molar-refractivity contribution in [3.05, 3.63) is 53.6 Å². The maximum atomic E-state index is 13.4. The van der Waals surface area contributed by atoms with Crippen molar-refractivity contribution in [2.45, 2.75) is 44.0 Å². The molecule has 0 spiro atoms. The molecule has 0 aromatic heterocycles. The minimum absolute atomic E-state index is 0.0416. The SMILES string of the molecule is CC(=O)N1CCCc2cc(S(=O)(=O)N3CCC[C@@H](C(=O)NCc4ccc(N(C)C)cc4)C3)ccc21. The van der Waals surface area contributed by atoms with Gasteiger partial charge in [0.05, 0.1) is 10.8 Å². The van der Waals surface area contributed by atoms with Crippen LogP contribution < -0.4 is 15.1 Å². The van der Waals surface area contributed by atoms with E-state index in [4.69, 9.17) is 0 Å². The fourth-order valence-electron chi connectivity index (χ4n) is 4.83. The first-order valence-corrected chi connectivity index (χ1v) is 13.6. The Labute approximate surface area is 207 Å². The zero-order chi connectivity index (χ0) is 25.2. The topological polar surface area (TPSA) is 90.0 Å². The summed E-state index contributed by atoms with van der Waals surface area (Å²) >= 11 is 0. The van der Waals surface area contributed by atoms with Crippen molar-refractivity contribution in [2.75, 3.05) is 43.5 Å². The summed E-state index contributed by atoms with van der Waals surface area (Å²) in [5.41, 5.74) is 3.75. The molecular formula is C26H34N4O4S. The highest BCUT2D eigenvalue weighted by atomic mass is 32.2. The lowest BCUT2D eigenvalue weighted by Gasteiger charge is -2.32. The van der Waals surface area contributed by atoms with E-state index in [0.29, 0.717) is 32.5 Å². The quantitative estimate of drug-likeness (QED) is 0.662. The molecule has 9 heteroatoms. The maximum absolute atomic E-state index is 13.4. The van der Waals surface area contributed by atoms with Gasteiger partial charge in [-0.2, -0.15) is 4.31 Å². The lowest BCUT2D eigenvalue weighted by molar-refractivity contribution is -0.126. The molecule has 2 aliphatic heterocycles. The highest BCUT2D eigenvalue weighted by molar-refractivity contribution is 7.89. The van der Waals surface area contributed by atoms with Crippen LogP contribution in [0.4, 0.5) is 11.4 Å². The third-order valence-corrected chi connectivity index (χ3v) is 8.72. The molecule has 0 bridgehead atoms. The molecule has 35 heavy (non-hydrogen) atoms. The molecule has 188 valence electrons. The number of benzene rings is 2. The van der Waals surface area contributed by atoms with Crippen LogP contribution in [0.1, 0.15) is 37.3 Å². The molecule has 4 rings (SSSR count). The second-order valence-electron chi connectivity index (χ2n) is 9.55. The molecule has 0 aliphatic carbocycles. The molecule has 2 aliphatic rings. The Morgan fingerprint density at radius 1 is 1.06 bits per heavy atom. The molecule has 2 heterocycles. The molecule has 0 saturated carbocycles. The summed E-state index contributed by atoms with van der Waals surface area (Å²) in [5.74, 6) is -0.547. The molecule has 2 aromatic carbocycles. The van der Waals surface area contributed by atoms with Gasteiger partial charge in [-0.1, -0.05) is 12.1 Å².